The van der Waals surface area contributed by atoms with E-state index in [2.05, 4.69) is 16.7 Å². The van der Waals surface area contributed by atoms with E-state index in [1.54, 1.807) is 0 Å². The lowest BCUT2D eigenvalue weighted by Crippen LogP contribution is -2.34. The summed E-state index contributed by atoms with van der Waals surface area (Å²) in [5, 5.41) is 6.28. The van der Waals surface area contributed by atoms with Crippen LogP contribution in [0.2, 0.25) is 0 Å². The minimum absolute atomic E-state index is 0.0509. The first-order valence-corrected chi connectivity index (χ1v) is 11.3. The molecule has 6 nitrogen and oxygen atoms in total. The quantitative estimate of drug-likeness (QED) is 0.710. The minimum Gasteiger partial charge on any atom is -0.452 e. The second kappa shape index (κ2) is 9.00. The van der Waals surface area contributed by atoms with Crippen LogP contribution in [-0.2, 0) is 33.6 Å². The second-order valence-electron chi connectivity index (χ2n) is 7.88. The van der Waals surface area contributed by atoms with Crippen molar-refractivity contribution in [1.82, 2.24) is 5.32 Å². The smallest absolute Gasteiger partial charge is 0.341 e. The van der Waals surface area contributed by atoms with E-state index in [0.29, 0.717) is 10.6 Å². The molecule has 158 valence electrons. The average molecular weight is 427 g/mol. The Kier molecular flexibility index (Phi) is 6.18. The molecule has 30 heavy (non-hydrogen) atoms. The molecule has 0 spiro atoms. The molecule has 2 aromatic rings. The van der Waals surface area contributed by atoms with Gasteiger partial charge in [0.15, 0.2) is 6.61 Å². The number of ether oxygens (including phenoxy) is 1. The van der Waals surface area contributed by atoms with Gasteiger partial charge in [-0.05, 0) is 61.6 Å². The summed E-state index contributed by atoms with van der Waals surface area (Å²) in [6, 6.07) is 8.08. The van der Waals surface area contributed by atoms with E-state index in [1.165, 1.54) is 23.8 Å². The second-order valence-corrected chi connectivity index (χ2v) is 8.99. The summed E-state index contributed by atoms with van der Waals surface area (Å²) in [6.45, 7) is 1.09. The Balaban J connectivity index is 1.42. The Morgan fingerprint density at radius 2 is 1.90 bits per heavy atom. The van der Waals surface area contributed by atoms with E-state index in [4.69, 9.17) is 4.74 Å². The predicted octanol–water partition coefficient (Wildman–Crippen LogP) is 3.94. The summed E-state index contributed by atoms with van der Waals surface area (Å²) in [4.78, 5) is 38.0. The Hall–Kier alpha value is -2.67. The number of fused-ring (bicyclic) bond motifs is 2. The van der Waals surface area contributed by atoms with Crippen LogP contribution >= 0.6 is 11.3 Å². The molecule has 1 heterocycles. The number of anilines is 1. The van der Waals surface area contributed by atoms with Crippen LogP contribution in [0.25, 0.3) is 0 Å². The van der Waals surface area contributed by atoms with Crippen LogP contribution < -0.4 is 10.6 Å². The van der Waals surface area contributed by atoms with Crippen LogP contribution in [0, 0.1) is 0 Å². The van der Waals surface area contributed by atoms with Gasteiger partial charge in [-0.15, -0.1) is 11.3 Å². The van der Waals surface area contributed by atoms with Crippen molar-refractivity contribution in [3.63, 3.8) is 0 Å². The monoisotopic (exact) mass is 426 g/mol. The van der Waals surface area contributed by atoms with Crippen molar-refractivity contribution in [2.24, 2.45) is 0 Å². The van der Waals surface area contributed by atoms with E-state index >= 15 is 0 Å². The highest BCUT2D eigenvalue weighted by Crippen LogP contribution is 2.38. The number of carbonyl (C=O) groups excluding carboxylic acids is 3. The predicted molar refractivity (Wildman–Crippen MR) is 116 cm³/mol. The van der Waals surface area contributed by atoms with Crippen LogP contribution in [0.1, 0.15) is 70.6 Å². The number of rotatable bonds is 5. The molecule has 0 saturated heterocycles. The van der Waals surface area contributed by atoms with Crippen LogP contribution in [0.5, 0.6) is 0 Å². The maximum absolute atomic E-state index is 12.8. The summed E-state index contributed by atoms with van der Waals surface area (Å²) in [6.07, 6.45) is 6.69. The van der Waals surface area contributed by atoms with Crippen molar-refractivity contribution in [3.8, 4) is 0 Å². The summed E-state index contributed by atoms with van der Waals surface area (Å²) in [5.41, 5.74) is 3.78. The zero-order valence-electron chi connectivity index (χ0n) is 17.1. The molecule has 1 aromatic carbocycles. The molecular weight excluding hydrogens is 400 g/mol. The van der Waals surface area contributed by atoms with Crippen molar-refractivity contribution < 1.29 is 19.1 Å². The highest BCUT2D eigenvalue weighted by atomic mass is 32.1. The number of carbonyl (C=O) groups is 3. The molecule has 7 heteroatoms. The molecule has 0 radical (unpaired) electrons. The fourth-order valence-corrected chi connectivity index (χ4v) is 5.70. The molecule has 0 saturated carbocycles. The third-order valence-electron chi connectivity index (χ3n) is 5.70. The van der Waals surface area contributed by atoms with Crippen LogP contribution in [0.15, 0.2) is 24.3 Å². The van der Waals surface area contributed by atoms with E-state index < -0.39 is 5.97 Å². The molecule has 2 aliphatic rings. The van der Waals surface area contributed by atoms with E-state index in [0.717, 1.165) is 60.9 Å². The SMILES string of the molecule is CC(=O)Nc1sc2c(c1C(=O)OCC(=O)NC1CCCc3ccccc31)CCCC2. The fourth-order valence-electron chi connectivity index (χ4n) is 4.37. The number of esters is 1. The molecule has 2 amide bonds. The first-order chi connectivity index (χ1) is 14.5. The summed E-state index contributed by atoms with van der Waals surface area (Å²) in [5.74, 6) is -1.08. The van der Waals surface area contributed by atoms with Gasteiger partial charge in [-0.25, -0.2) is 4.79 Å². The Bertz CT molecular complexity index is 982. The van der Waals surface area contributed by atoms with E-state index in [-0.39, 0.29) is 24.5 Å². The maximum Gasteiger partial charge on any atom is 0.341 e. The number of aryl methyl sites for hydroxylation is 2. The Morgan fingerprint density at radius 1 is 1.10 bits per heavy atom. The zero-order valence-corrected chi connectivity index (χ0v) is 17.9. The lowest BCUT2D eigenvalue weighted by atomic mass is 9.88. The third kappa shape index (κ3) is 4.41. The first kappa shape index (κ1) is 20.6. The standard InChI is InChI=1S/C23H26N2O4S/c1-14(26)24-22-21(17-10-4-5-12-19(17)30-22)23(28)29-13-20(27)25-18-11-6-8-15-7-2-3-9-16(15)18/h2-3,7,9,18H,4-6,8,10-13H2,1H3,(H,24,26)(H,25,27). The lowest BCUT2D eigenvalue weighted by Gasteiger charge is -2.26. The van der Waals surface area contributed by atoms with Gasteiger partial charge in [-0.1, -0.05) is 24.3 Å². The molecule has 1 atom stereocenters. The third-order valence-corrected chi connectivity index (χ3v) is 6.91. The van der Waals surface area contributed by atoms with Crippen molar-refractivity contribution in [3.05, 3.63) is 51.4 Å². The number of hydrogen-bond donors (Lipinski definition) is 2. The van der Waals surface area contributed by atoms with Gasteiger partial charge in [-0.3, -0.25) is 9.59 Å². The Morgan fingerprint density at radius 3 is 2.73 bits per heavy atom. The number of benzene rings is 1. The van der Waals surface area contributed by atoms with Gasteiger partial charge in [0.1, 0.15) is 5.00 Å². The van der Waals surface area contributed by atoms with Gasteiger partial charge in [0.2, 0.25) is 5.91 Å². The summed E-state index contributed by atoms with van der Waals surface area (Å²) >= 11 is 1.44. The summed E-state index contributed by atoms with van der Waals surface area (Å²) in [7, 11) is 0. The largest absolute Gasteiger partial charge is 0.452 e. The topological polar surface area (TPSA) is 84.5 Å². The maximum atomic E-state index is 12.8. The molecule has 0 fully saturated rings. The highest BCUT2D eigenvalue weighted by Gasteiger charge is 2.28. The van der Waals surface area contributed by atoms with Gasteiger partial charge in [0.05, 0.1) is 11.6 Å². The van der Waals surface area contributed by atoms with E-state index in [1.807, 2.05) is 18.2 Å². The molecular formula is C23H26N2O4S. The lowest BCUT2D eigenvalue weighted by molar-refractivity contribution is -0.125. The zero-order chi connectivity index (χ0) is 21.1. The van der Waals surface area contributed by atoms with Crippen molar-refractivity contribution in [2.75, 3.05) is 11.9 Å². The van der Waals surface area contributed by atoms with Gasteiger partial charge in [0, 0.05) is 11.8 Å². The molecule has 2 N–H and O–H groups in total. The van der Waals surface area contributed by atoms with Crippen molar-refractivity contribution >= 4 is 34.1 Å². The average Bonchev–Trinajstić information content (AvgIpc) is 3.09. The van der Waals surface area contributed by atoms with Gasteiger partial charge < -0.3 is 15.4 Å². The van der Waals surface area contributed by atoms with Crippen LogP contribution in [0.4, 0.5) is 5.00 Å². The normalized spacial score (nSPS) is 17.4. The number of hydrogen-bond acceptors (Lipinski definition) is 5. The Labute approximate surface area is 180 Å². The molecule has 4 rings (SSSR count). The molecule has 0 bridgehead atoms. The molecule has 1 aromatic heterocycles. The number of nitrogens with one attached hydrogen (secondary N) is 2. The van der Waals surface area contributed by atoms with Crippen molar-refractivity contribution in [2.45, 2.75) is 57.9 Å². The van der Waals surface area contributed by atoms with Crippen molar-refractivity contribution in [1.29, 1.82) is 0 Å². The minimum atomic E-state index is -0.544. The van der Waals surface area contributed by atoms with Crippen LogP contribution in [0.3, 0.4) is 0 Å². The van der Waals surface area contributed by atoms with Gasteiger partial charge in [-0.2, -0.15) is 0 Å². The highest BCUT2D eigenvalue weighted by molar-refractivity contribution is 7.17. The van der Waals surface area contributed by atoms with E-state index in [9.17, 15) is 14.4 Å². The first-order valence-electron chi connectivity index (χ1n) is 10.5. The molecule has 2 aliphatic carbocycles. The number of amides is 2. The van der Waals surface area contributed by atoms with Gasteiger partial charge in [0.25, 0.3) is 5.91 Å². The molecule has 0 aliphatic heterocycles. The number of thiophene rings is 1. The molecule has 1 unspecified atom stereocenters. The summed E-state index contributed by atoms with van der Waals surface area (Å²) < 4.78 is 5.37. The fraction of sp³-hybridized carbons (Fsp3) is 0.435. The van der Waals surface area contributed by atoms with Crippen LogP contribution in [-0.4, -0.2) is 24.4 Å². The van der Waals surface area contributed by atoms with Gasteiger partial charge >= 0.3 is 5.97 Å².